The second-order valence-electron chi connectivity index (χ2n) is 8.44. The van der Waals surface area contributed by atoms with E-state index >= 15 is 0 Å². The van der Waals surface area contributed by atoms with Crippen LogP contribution in [0.3, 0.4) is 0 Å². The van der Waals surface area contributed by atoms with Gasteiger partial charge >= 0.3 is 0 Å². The Balaban J connectivity index is 1.39. The molecule has 4 rings (SSSR count). The van der Waals surface area contributed by atoms with Gasteiger partial charge in [0.15, 0.2) is 16.1 Å². The molecule has 0 unspecified atom stereocenters. The summed E-state index contributed by atoms with van der Waals surface area (Å²) in [5.41, 5.74) is 6.60. The second kappa shape index (κ2) is 11.7. The van der Waals surface area contributed by atoms with Gasteiger partial charge in [-0.25, -0.2) is 4.98 Å². The van der Waals surface area contributed by atoms with Gasteiger partial charge in [0.2, 0.25) is 5.91 Å². The molecule has 0 saturated carbocycles. The van der Waals surface area contributed by atoms with Crippen LogP contribution in [-0.4, -0.2) is 44.5 Å². The molecule has 9 heteroatoms. The minimum absolute atomic E-state index is 0.114. The van der Waals surface area contributed by atoms with Gasteiger partial charge in [-0.1, -0.05) is 23.9 Å². The number of benzene rings is 2. The summed E-state index contributed by atoms with van der Waals surface area (Å²) in [5, 5.41) is 15.0. The summed E-state index contributed by atoms with van der Waals surface area (Å²) in [7, 11) is 0. The van der Waals surface area contributed by atoms with Crippen LogP contribution in [0.1, 0.15) is 31.9 Å². The highest BCUT2D eigenvalue weighted by Gasteiger charge is 2.16. The number of aryl methyl sites for hydroxylation is 2. The Labute approximate surface area is 221 Å². The van der Waals surface area contributed by atoms with Gasteiger partial charge in [0, 0.05) is 41.8 Å². The molecular weight excluding hydrogens is 488 g/mol. The molecule has 0 aliphatic carbocycles. The highest BCUT2D eigenvalue weighted by molar-refractivity contribution is 7.99. The van der Waals surface area contributed by atoms with Crippen molar-refractivity contribution in [1.82, 2.24) is 19.7 Å². The van der Waals surface area contributed by atoms with E-state index in [-0.39, 0.29) is 11.7 Å². The Morgan fingerprint density at radius 2 is 1.72 bits per heavy atom. The van der Waals surface area contributed by atoms with Crippen molar-refractivity contribution in [2.24, 2.45) is 0 Å². The number of thiazole rings is 1. The van der Waals surface area contributed by atoms with Crippen LogP contribution < -0.4 is 10.2 Å². The minimum Gasteiger partial charge on any atom is -0.372 e. The van der Waals surface area contributed by atoms with Gasteiger partial charge in [-0.2, -0.15) is 0 Å². The lowest BCUT2D eigenvalue weighted by molar-refractivity contribution is -0.113. The molecule has 2 heterocycles. The molecule has 7 nitrogen and oxygen atoms in total. The largest absolute Gasteiger partial charge is 0.372 e. The first-order valence-corrected chi connectivity index (χ1v) is 14.0. The lowest BCUT2D eigenvalue weighted by atomic mass is 10.1. The molecule has 0 aliphatic rings. The maximum atomic E-state index is 12.6. The summed E-state index contributed by atoms with van der Waals surface area (Å²) in [4.78, 5) is 19.5. The molecule has 0 radical (unpaired) electrons. The monoisotopic (exact) mass is 520 g/mol. The van der Waals surface area contributed by atoms with Crippen LogP contribution in [-0.2, 0) is 11.3 Å². The fraction of sp³-hybridized carbons (Fsp3) is 0.333. The van der Waals surface area contributed by atoms with Gasteiger partial charge in [-0.05, 0) is 76.1 Å². The molecule has 0 bridgehead atoms. The minimum atomic E-state index is -0.114. The summed E-state index contributed by atoms with van der Waals surface area (Å²) in [6.45, 7) is 13.2. The molecule has 0 spiro atoms. The van der Waals surface area contributed by atoms with E-state index in [9.17, 15) is 4.79 Å². The number of amides is 1. The Morgan fingerprint density at radius 3 is 2.39 bits per heavy atom. The first kappa shape index (κ1) is 25.9. The molecule has 0 aliphatic heterocycles. The van der Waals surface area contributed by atoms with E-state index in [2.05, 4.69) is 102 Å². The van der Waals surface area contributed by atoms with E-state index in [0.717, 1.165) is 47.4 Å². The van der Waals surface area contributed by atoms with Crippen LogP contribution in [0.25, 0.3) is 22.6 Å². The second-order valence-corrected chi connectivity index (χ2v) is 10.2. The van der Waals surface area contributed by atoms with Crippen LogP contribution >= 0.6 is 23.1 Å². The molecule has 4 aromatic rings. The number of thioether (sulfide) groups is 1. The van der Waals surface area contributed by atoms with E-state index in [4.69, 9.17) is 0 Å². The van der Waals surface area contributed by atoms with Crippen molar-refractivity contribution in [2.75, 3.05) is 29.1 Å². The molecule has 0 fully saturated rings. The molecule has 188 valence electrons. The Hall–Kier alpha value is -3.17. The predicted octanol–water partition coefficient (Wildman–Crippen LogP) is 6.28. The van der Waals surface area contributed by atoms with Crippen LogP contribution in [0.4, 0.5) is 10.8 Å². The number of nitrogens with one attached hydrogen (secondary N) is 1. The average Bonchev–Trinajstić information content (AvgIpc) is 3.52. The molecule has 1 amide bonds. The quantitative estimate of drug-likeness (QED) is 0.248. The molecule has 1 N–H and O–H groups in total. The summed E-state index contributed by atoms with van der Waals surface area (Å²) in [6.07, 6.45) is 0. The van der Waals surface area contributed by atoms with Crippen LogP contribution in [0, 0.1) is 13.8 Å². The highest BCUT2D eigenvalue weighted by Crippen LogP contribution is 2.28. The van der Waals surface area contributed by atoms with Gasteiger partial charge < -0.3 is 14.8 Å². The lowest BCUT2D eigenvalue weighted by Gasteiger charge is -2.21. The fourth-order valence-electron chi connectivity index (χ4n) is 3.95. The number of rotatable bonds is 10. The van der Waals surface area contributed by atoms with Gasteiger partial charge in [-0.15, -0.1) is 21.5 Å². The molecule has 2 aromatic heterocycles. The number of anilines is 2. The molecule has 36 heavy (non-hydrogen) atoms. The first-order chi connectivity index (χ1) is 17.4. The third-order valence-electron chi connectivity index (χ3n) is 6.17. The van der Waals surface area contributed by atoms with E-state index in [1.54, 1.807) is 0 Å². The number of nitrogens with zero attached hydrogens (tertiary/aromatic N) is 5. The van der Waals surface area contributed by atoms with Crippen molar-refractivity contribution < 1.29 is 4.79 Å². The maximum Gasteiger partial charge on any atom is 0.236 e. The average molecular weight is 521 g/mol. The fourth-order valence-corrected chi connectivity index (χ4v) is 5.49. The third kappa shape index (κ3) is 5.79. The number of hydrogen-bond donors (Lipinski definition) is 1. The van der Waals surface area contributed by atoms with Crippen LogP contribution in [0.15, 0.2) is 53.0 Å². The zero-order chi connectivity index (χ0) is 25.7. The molecule has 2 aromatic carbocycles. The van der Waals surface area contributed by atoms with E-state index in [0.29, 0.717) is 5.13 Å². The zero-order valence-corrected chi connectivity index (χ0v) is 23.0. The topological polar surface area (TPSA) is 75.9 Å². The van der Waals surface area contributed by atoms with Gasteiger partial charge in [0.25, 0.3) is 0 Å². The third-order valence-corrected chi connectivity index (χ3v) is 7.90. The number of hydrogen-bond acceptors (Lipinski definition) is 7. The van der Waals surface area contributed by atoms with Crippen molar-refractivity contribution in [3.05, 3.63) is 59.0 Å². The van der Waals surface area contributed by atoms with Crippen molar-refractivity contribution in [1.29, 1.82) is 0 Å². The van der Waals surface area contributed by atoms with Crippen molar-refractivity contribution >= 4 is 39.8 Å². The van der Waals surface area contributed by atoms with Gasteiger partial charge in [0.1, 0.15) is 0 Å². The summed E-state index contributed by atoms with van der Waals surface area (Å²) >= 11 is 2.81. The maximum absolute atomic E-state index is 12.6. The smallest absolute Gasteiger partial charge is 0.236 e. The predicted molar refractivity (Wildman–Crippen MR) is 151 cm³/mol. The van der Waals surface area contributed by atoms with Crippen LogP contribution in [0.5, 0.6) is 0 Å². The Bertz CT molecular complexity index is 1320. The van der Waals surface area contributed by atoms with E-state index in [1.807, 2.05) is 9.95 Å². The number of carbonyl (C=O) groups excluding carboxylic acids is 1. The standard InChI is InChI=1S/C27H32N6OS2/c1-6-32(7-2)22-13-11-20(12-14-22)25-30-31-27(33(25)8-3)36-17-24(34)29-26-28-23(16-35-26)21-10-9-18(4)19(5)15-21/h9-16H,6-8,17H2,1-5H3,(H,28,29,34). The molecule has 0 atom stereocenters. The summed E-state index contributed by atoms with van der Waals surface area (Å²) in [5.74, 6) is 0.929. The number of aromatic nitrogens is 4. The molecular formula is C27H32N6OS2. The Kier molecular flexibility index (Phi) is 8.43. The first-order valence-electron chi connectivity index (χ1n) is 12.2. The van der Waals surface area contributed by atoms with Crippen LogP contribution in [0.2, 0.25) is 0 Å². The highest BCUT2D eigenvalue weighted by atomic mass is 32.2. The summed E-state index contributed by atoms with van der Waals surface area (Å²) < 4.78 is 2.05. The SMILES string of the molecule is CCN(CC)c1ccc(-c2nnc(SCC(=O)Nc3nc(-c4ccc(C)c(C)c4)cs3)n2CC)cc1. The van der Waals surface area contributed by atoms with Crippen molar-refractivity contribution in [3.8, 4) is 22.6 Å². The van der Waals surface area contributed by atoms with E-state index < -0.39 is 0 Å². The van der Waals surface area contributed by atoms with Gasteiger partial charge in [-0.3, -0.25) is 4.79 Å². The molecule has 0 saturated heterocycles. The Morgan fingerprint density at radius 1 is 1.00 bits per heavy atom. The zero-order valence-electron chi connectivity index (χ0n) is 21.4. The normalized spacial score (nSPS) is 11.0. The van der Waals surface area contributed by atoms with Crippen molar-refractivity contribution in [2.45, 2.75) is 46.3 Å². The number of carbonyl (C=O) groups is 1. The van der Waals surface area contributed by atoms with E-state index in [1.165, 1.54) is 39.9 Å². The summed E-state index contributed by atoms with van der Waals surface area (Å²) in [6, 6.07) is 14.7. The lowest BCUT2D eigenvalue weighted by Crippen LogP contribution is -2.21. The van der Waals surface area contributed by atoms with Gasteiger partial charge in [0.05, 0.1) is 11.4 Å². The van der Waals surface area contributed by atoms with Crippen molar-refractivity contribution in [3.63, 3.8) is 0 Å².